The lowest BCUT2D eigenvalue weighted by Gasteiger charge is -2.49. The van der Waals surface area contributed by atoms with Crippen LogP contribution in [0, 0.1) is 5.41 Å². The van der Waals surface area contributed by atoms with E-state index in [-0.39, 0.29) is 5.41 Å². The summed E-state index contributed by atoms with van der Waals surface area (Å²) in [6, 6.07) is 11.9. The van der Waals surface area contributed by atoms with Crippen LogP contribution in [-0.2, 0) is 17.7 Å². The fraction of sp³-hybridized carbons (Fsp3) is 0.458. The standard InChI is InChI=1S/C24H28Cl3N3O/c1-29-8-6-24(7-9-29)15-18-13-20(26)21(27)14-22(18)30(10-11-31-2)23(24)28-16-17-4-3-5-19(25)12-17/h3-5,12-14H,6-11,15-16H2,1-2H3. The van der Waals surface area contributed by atoms with Crippen LogP contribution in [0.1, 0.15) is 24.0 Å². The summed E-state index contributed by atoms with van der Waals surface area (Å²) in [6.45, 7) is 4.00. The van der Waals surface area contributed by atoms with E-state index in [0.717, 1.165) is 54.5 Å². The molecule has 0 bridgehead atoms. The van der Waals surface area contributed by atoms with Gasteiger partial charge in [-0.05, 0) is 74.8 Å². The van der Waals surface area contributed by atoms with Gasteiger partial charge in [0.2, 0.25) is 0 Å². The van der Waals surface area contributed by atoms with Crippen molar-refractivity contribution in [2.45, 2.75) is 25.8 Å². The normalized spacial score (nSPS) is 19.8. The van der Waals surface area contributed by atoms with E-state index in [1.807, 2.05) is 30.3 Å². The fourth-order valence-corrected chi connectivity index (χ4v) is 5.28. The van der Waals surface area contributed by atoms with Gasteiger partial charge in [0.1, 0.15) is 5.84 Å². The van der Waals surface area contributed by atoms with Crippen LogP contribution in [0.2, 0.25) is 15.1 Å². The fourth-order valence-electron chi connectivity index (χ4n) is 4.72. The van der Waals surface area contributed by atoms with Crippen LogP contribution >= 0.6 is 34.8 Å². The first kappa shape index (κ1) is 22.9. The number of halogens is 3. The molecule has 2 aliphatic rings. The molecule has 2 aliphatic heterocycles. The molecule has 0 amide bonds. The minimum absolute atomic E-state index is 0.0248. The van der Waals surface area contributed by atoms with Crippen LogP contribution in [0.3, 0.4) is 0 Å². The Balaban J connectivity index is 1.80. The van der Waals surface area contributed by atoms with Crippen molar-refractivity contribution in [3.63, 3.8) is 0 Å². The molecule has 0 unspecified atom stereocenters. The third-order valence-corrected chi connectivity index (χ3v) is 7.39. The van der Waals surface area contributed by atoms with Crippen LogP contribution in [0.5, 0.6) is 0 Å². The molecule has 2 heterocycles. The molecule has 1 fully saturated rings. The van der Waals surface area contributed by atoms with Gasteiger partial charge in [0.05, 0.1) is 23.2 Å². The van der Waals surface area contributed by atoms with Crippen LogP contribution in [0.15, 0.2) is 41.4 Å². The summed E-state index contributed by atoms with van der Waals surface area (Å²) in [7, 11) is 3.92. The number of hydrogen-bond acceptors (Lipinski definition) is 3. The van der Waals surface area contributed by atoms with Crippen molar-refractivity contribution < 1.29 is 4.74 Å². The lowest BCUT2D eigenvalue weighted by molar-refractivity contribution is 0.173. The molecule has 2 aromatic carbocycles. The second kappa shape index (κ2) is 9.68. The molecule has 0 radical (unpaired) electrons. The van der Waals surface area contributed by atoms with E-state index in [9.17, 15) is 0 Å². The zero-order chi connectivity index (χ0) is 22.0. The molecule has 0 atom stereocenters. The van der Waals surface area contributed by atoms with E-state index in [1.165, 1.54) is 5.56 Å². The SMILES string of the molecule is COCCN1C(=NCc2cccc(Cl)c2)C2(CCN(C)CC2)Cc2cc(Cl)c(Cl)cc21. The predicted molar refractivity (Wildman–Crippen MR) is 131 cm³/mol. The van der Waals surface area contributed by atoms with Gasteiger partial charge in [-0.1, -0.05) is 46.9 Å². The summed E-state index contributed by atoms with van der Waals surface area (Å²) in [6.07, 6.45) is 3.03. The largest absolute Gasteiger partial charge is 0.383 e. The Bertz CT molecular complexity index is 971. The van der Waals surface area contributed by atoms with E-state index < -0.39 is 0 Å². The molecule has 1 saturated heterocycles. The van der Waals surface area contributed by atoms with Gasteiger partial charge in [0, 0.05) is 29.8 Å². The summed E-state index contributed by atoms with van der Waals surface area (Å²) in [4.78, 5) is 9.91. The number of rotatable bonds is 5. The highest BCUT2D eigenvalue weighted by atomic mass is 35.5. The summed E-state index contributed by atoms with van der Waals surface area (Å²) in [5.41, 5.74) is 3.40. The Labute approximate surface area is 199 Å². The van der Waals surface area contributed by atoms with Crippen molar-refractivity contribution in [2.75, 3.05) is 45.3 Å². The highest BCUT2D eigenvalue weighted by Crippen LogP contribution is 2.46. The maximum Gasteiger partial charge on any atom is 0.110 e. The third-order valence-electron chi connectivity index (χ3n) is 6.43. The molecule has 4 nitrogen and oxygen atoms in total. The molecule has 4 rings (SSSR count). The van der Waals surface area contributed by atoms with Crippen LogP contribution in [-0.4, -0.2) is 51.1 Å². The van der Waals surface area contributed by atoms with Gasteiger partial charge in [0.15, 0.2) is 0 Å². The number of fused-ring (bicyclic) bond motifs is 1. The molecule has 7 heteroatoms. The maximum atomic E-state index is 6.43. The summed E-state index contributed by atoms with van der Waals surface area (Å²) < 4.78 is 5.45. The van der Waals surface area contributed by atoms with Crippen molar-refractivity contribution in [1.82, 2.24) is 4.90 Å². The quantitative estimate of drug-likeness (QED) is 0.528. The molecule has 2 aromatic rings. The lowest BCUT2D eigenvalue weighted by atomic mass is 9.69. The van der Waals surface area contributed by atoms with Gasteiger partial charge in [-0.3, -0.25) is 4.99 Å². The molecule has 0 N–H and O–H groups in total. The topological polar surface area (TPSA) is 28.1 Å². The Hall–Kier alpha value is -1.30. The molecule has 0 saturated carbocycles. The van der Waals surface area contributed by atoms with Gasteiger partial charge in [-0.15, -0.1) is 0 Å². The van der Waals surface area contributed by atoms with Gasteiger partial charge in [0.25, 0.3) is 0 Å². The Morgan fingerprint density at radius 2 is 1.81 bits per heavy atom. The molecule has 31 heavy (non-hydrogen) atoms. The number of likely N-dealkylation sites (tertiary alicyclic amines) is 1. The number of amidine groups is 1. The van der Waals surface area contributed by atoms with Gasteiger partial charge >= 0.3 is 0 Å². The molecule has 0 aromatic heterocycles. The summed E-state index contributed by atoms with van der Waals surface area (Å²) >= 11 is 19.1. The monoisotopic (exact) mass is 479 g/mol. The van der Waals surface area contributed by atoms with Crippen molar-refractivity contribution in [2.24, 2.45) is 10.4 Å². The van der Waals surface area contributed by atoms with Gasteiger partial charge < -0.3 is 14.5 Å². The van der Waals surface area contributed by atoms with E-state index in [1.54, 1.807) is 7.11 Å². The zero-order valence-electron chi connectivity index (χ0n) is 18.0. The number of piperidine rings is 1. The molecule has 0 aliphatic carbocycles. The van der Waals surface area contributed by atoms with Crippen molar-refractivity contribution in [1.29, 1.82) is 0 Å². The second-order valence-electron chi connectivity index (χ2n) is 8.57. The van der Waals surface area contributed by atoms with Crippen LogP contribution < -0.4 is 4.90 Å². The molecule has 1 spiro atoms. The van der Waals surface area contributed by atoms with Gasteiger partial charge in [-0.2, -0.15) is 0 Å². The highest BCUT2D eigenvalue weighted by molar-refractivity contribution is 6.42. The number of methoxy groups -OCH3 is 1. The molecule has 166 valence electrons. The van der Waals surface area contributed by atoms with E-state index in [4.69, 9.17) is 44.5 Å². The minimum Gasteiger partial charge on any atom is -0.383 e. The Morgan fingerprint density at radius 1 is 1.06 bits per heavy atom. The second-order valence-corrected chi connectivity index (χ2v) is 9.82. The first-order valence-electron chi connectivity index (χ1n) is 10.6. The first-order valence-corrected chi connectivity index (χ1v) is 11.8. The van der Waals surface area contributed by atoms with Crippen LogP contribution in [0.4, 0.5) is 5.69 Å². The summed E-state index contributed by atoms with van der Waals surface area (Å²) in [5.74, 6) is 1.13. The summed E-state index contributed by atoms with van der Waals surface area (Å²) in [5, 5.41) is 1.91. The average molecular weight is 481 g/mol. The first-order chi connectivity index (χ1) is 14.9. The number of aliphatic imine (C=N–C) groups is 1. The van der Waals surface area contributed by atoms with Crippen LogP contribution in [0.25, 0.3) is 0 Å². The Kier molecular flexibility index (Phi) is 7.14. The number of ether oxygens (including phenoxy) is 1. The van der Waals surface area contributed by atoms with Crippen molar-refractivity contribution in [3.05, 3.63) is 62.6 Å². The predicted octanol–water partition coefficient (Wildman–Crippen LogP) is 5.97. The van der Waals surface area contributed by atoms with E-state index in [2.05, 4.69) is 22.9 Å². The smallest absolute Gasteiger partial charge is 0.110 e. The van der Waals surface area contributed by atoms with E-state index in [0.29, 0.717) is 29.7 Å². The molecular weight excluding hydrogens is 453 g/mol. The van der Waals surface area contributed by atoms with Gasteiger partial charge in [-0.25, -0.2) is 0 Å². The number of nitrogens with zero attached hydrogens (tertiary/aromatic N) is 3. The third kappa shape index (κ3) is 4.89. The lowest BCUT2D eigenvalue weighted by Crippen LogP contribution is -2.54. The zero-order valence-corrected chi connectivity index (χ0v) is 20.3. The van der Waals surface area contributed by atoms with Crippen molar-refractivity contribution in [3.8, 4) is 0 Å². The Morgan fingerprint density at radius 3 is 2.52 bits per heavy atom. The minimum atomic E-state index is -0.0248. The van der Waals surface area contributed by atoms with Crippen molar-refractivity contribution >= 4 is 46.3 Å². The maximum absolute atomic E-state index is 6.43. The molecular formula is C24H28Cl3N3O. The number of benzene rings is 2. The highest BCUT2D eigenvalue weighted by Gasteiger charge is 2.45. The average Bonchev–Trinajstić information content (AvgIpc) is 2.75. The number of hydrogen-bond donors (Lipinski definition) is 0. The number of anilines is 1. The van der Waals surface area contributed by atoms with E-state index >= 15 is 0 Å².